The Kier molecular flexibility index (Phi) is 6.33. The van der Waals surface area contributed by atoms with Crippen LogP contribution in [0.25, 0.3) is 0 Å². The molecule has 3 rings (SSSR count). The van der Waals surface area contributed by atoms with Crippen molar-refractivity contribution in [2.75, 3.05) is 37.5 Å². The third-order valence-electron chi connectivity index (χ3n) is 4.43. The fourth-order valence-corrected chi connectivity index (χ4v) is 3.04. The highest BCUT2D eigenvalue weighted by molar-refractivity contribution is 6.01. The molecule has 0 bridgehead atoms. The molecule has 0 saturated heterocycles. The Hall–Kier alpha value is -4.48. The standard InChI is InChI=1S/C20H17N3O9/c1-30-19(26)11-5-12(20(27)31-2)7-13(6-11)21-17(24)9-22-10-18(25)32-16-8-14(23(28)29)3-4-15(16)22/h3-8H,9-10H2,1-2H3,(H,21,24). The second-order valence-corrected chi connectivity index (χ2v) is 6.57. The third-order valence-corrected chi connectivity index (χ3v) is 4.43. The summed E-state index contributed by atoms with van der Waals surface area (Å²) in [4.78, 5) is 60.0. The van der Waals surface area contributed by atoms with Crippen LogP contribution in [-0.2, 0) is 19.1 Å². The first-order valence-corrected chi connectivity index (χ1v) is 9.07. The quantitative estimate of drug-likeness (QED) is 0.301. The molecule has 12 nitrogen and oxygen atoms in total. The van der Waals surface area contributed by atoms with E-state index < -0.39 is 28.7 Å². The van der Waals surface area contributed by atoms with Gasteiger partial charge in [0.05, 0.1) is 48.6 Å². The number of benzene rings is 2. The van der Waals surface area contributed by atoms with E-state index in [-0.39, 0.29) is 41.3 Å². The van der Waals surface area contributed by atoms with Gasteiger partial charge in [-0.05, 0) is 24.3 Å². The average Bonchev–Trinajstić information content (AvgIpc) is 2.76. The minimum Gasteiger partial charge on any atom is -0.465 e. The van der Waals surface area contributed by atoms with Crippen molar-refractivity contribution >= 4 is 40.9 Å². The van der Waals surface area contributed by atoms with E-state index in [1.807, 2.05) is 0 Å². The van der Waals surface area contributed by atoms with Crippen molar-refractivity contribution in [3.8, 4) is 5.75 Å². The van der Waals surface area contributed by atoms with Crippen LogP contribution in [0.15, 0.2) is 36.4 Å². The van der Waals surface area contributed by atoms with Gasteiger partial charge in [0, 0.05) is 11.8 Å². The minimum absolute atomic E-state index is 0.0184. The molecule has 2 aromatic carbocycles. The summed E-state index contributed by atoms with van der Waals surface area (Å²) in [6.07, 6.45) is 0. The number of fused-ring (bicyclic) bond motifs is 1. The monoisotopic (exact) mass is 443 g/mol. The van der Waals surface area contributed by atoms with Crippen LogP contribution in [0.2, 0.25) is 0 Å². The van der Waals surface area contributed by atoms with Gasteiger partial charge in [-0.2, -0.15) is 0 Å². The Labute approximate surface area is 180 Å². The molecule has 0 unspecified atom stereocenters. The van der Waals surface area contributed by atoms with Crippen LogP contribution in [0.4, 0.5) is 17.1 Å². The Bertz CT molecular complexity index is 1100. The van der Waals surface area contributed by atoms with Gasteiger partial charge in [0.15, 0.2) is 5.75 Å². The van der Waals surface area contributed by atoms with Crippen molar-refractivity contribution in [3.63, 3.8) is 0 Å². The van der Waals surface area contributed by atoms with E-state index in [1.54, 1.807) is 0 Å². The molecule has 1 amide bonds. The molecule has 1 heterocycles. The van der Waals surface area contributed by atoms with Crippen molar-refractivity contribution in [3.05, 3.63) is 57.6 Å². The van der Waals surface area contributed by atoms with Crippen LogP contribution in [-0.4, -0.2) is 56.0 Å². The fraction of sp³-hybridized carbons (Fsp3) is 0.200. The lowest BCUT2D eigenvalue weighted by molar-refractivity contribution is -0.384. The van der Waals surface area contributed by atoms with Crippen molar-refractivity contribution in [2.24, 2.45) is 0 Å². The lowest BCUT2D eigenvalue weighted by Crippen LogP contribution is -2.41. The van der Waals surface area contributed by atoms with E-state index in [0.29, 0.717) is 5.69 Å². The smallest absolute Gasteiger partial charge is 0.337 e. The van der Waals surface area contributed by atoms with Crippen molar-refractivity contribution < 1.29 is 38.3 Å². The number of methoxy groups -OCH3 is 2. The zero-order valence-corrected chi connectivity index (χ0v) is 16.9. The van der Waals surface area contributed by atoms with E-state index in [2.05, 4.69) is 14.8 Å². The molecule has 0 radical (unpaired) electrons. The topological polar surface area (TPSA) is 154 Å². The lowest BCUT2D eigenvalue weighted by Gasteiger charge is -2.29. The van der Waals surface area contributed by atoms with Gasteiger partial charge < -0.3 is 24.4 Å². The van der Waals surface area contributed by atoms with Gasteiger partial charge in [-0.1, -0.05) is 0 Å². The first-order valence-electron chi connectivity index (χ1n) is 9.07. The molecular weight excluding hydrogens is 426 g/mol. The predicted octanol–water partition coefficient (Wildman–Crippen LogP) is 1.53. The van der Waals surface area contributed by atoms with Crippen LogP contribution >= 0.6 is 0 Å². The van der Waals surface area contributed by atoms with E-state index in [0.717, 1.165) is 6.07 Å². The Morgan fingerprint density at radius 1 is 1.09 bits per heavy atom. The Balaban J connectivity index is 1.83. The summed E-state index contributed by atoms with van der Waals surface area (Å²) in [6, 6.07) is 7.60. The molecule has 0 aromatic heterocycles. The molecule has 0 aliphatic carbocycles. The third kappa shape index (κ3) is 4.80. The van der Waals surface area contributed by atoms with Crippen molar-refractivity contribution in [1.82, 2.24) is 0 Å². The number of nitrogens with zero attached hydrogens (tertiary/aromatic N) is 2. The lowest BCUT2D eigenvalue weighted by atomic mass is 10.1. The summed E-state index contributed by atoms with van der Waals surface area (Å²) in [7, 11) is 2.34. The first-order chi connectivity index (χ1) is 15.2. The molecule has 0 fully saturated rings. The molecule has 166 valence electrons. The number of non-ortho nitro benzene ring substituents is 1. The van der Waals surface area contributed by atoms with Gasteiger partial charge in [-0.25, -0.2) is 14.4 Å². The number of hydrogen-bond acceptors (Lipinski definition) is 10. The summed E-state index contributed by atoms with van der Waals surface area (Å²) in [5, 5.41) is 13.5. The maximum absolute atomic E-state index is 12.6. The molecule has 0 saturated carbocycles. The molecule has 1 aliphatic rings. The van der Waals surface area contributed by atoms with Gasteiger partial charge in [0.25, 0.3) is 5.69 Å². The van der Waals surface area contributed by atoms with Crippen molar-refractivity contribution in [1.29, 1.82) is 0 Å². The Morgan fingerprint density at radius 3 is 2.28 bits per heavy atom. The van der Waals surface area contributed by atoms with Crippen LogP contribution in [0, 0.1) is 10.1 Å². The molecular formula is C20H17N3O9. The van der Waals surface area contributed by atoms with Gasteiger partial charge in [0.1, 0.15) is 6.54 Å². The molecule has 1 N–H and O–H groups in total. The maximum Gasteiger partial charge on any atom is 0.337 e. The number of hydrogen-bond donors (Lipinski definition) is 1. The van der Waals surface area contributed by atoms with Crippen molar-refractivity contribution in [2.45, 2.75) is 0 Å². The minimum atomic E-state index is -0.722. The SMILES string of the molecule is COC(=O)c1cc(NC(=O)CN2CC(=O)Oc3cc([N+](=O)[O-])ccc32)cc(C(=O)OC)c1. The number of ether oxygens (including phenoxy) is 3. The fourth-order valence-electron chi connectivity index (χ4n) is 3.04. The zero-order chi connectivity index (χ0) is 23.4. The van der Waals surface area contributed by atoms with Gasteiger partial charge in [-0.3, -0.25) is 14.9 Å². The molecule has 2 aromatic rings. The number of rotatable bonds is 6. The number of nitro groups is 1. The van der Waals surface area contributed by atoms with Gasteiger partial charge in [-0.15, -0.1) is 0 Å². The maximum atomic E-state index is 12.6. The highest BCUT2D eigenvalue weighted by atomic mass is 16.6. The molecule has 0 atom stereocenters. The van der Waals surface area contributed by atoms with Crippen LogP contribution in [0.1, 0.15) is 20.7 Å². The summed E-state index contributed by atoms with van der Waals surface area (Å²) in [6.45, 7) is -0.566. The predicted molar refractivity (Wildman–Crippen MR) is 109 cm³/mol. The van der Waals surface area contributed by atoms with Crippen LogP contribution < -0.4 is 15.0 Å². The number of nitrogens with one attached hydrogen (secondary N) is 1. The van der Waals surface area contributed by atoms with E-state index in [9.17, 15) is 29.3 Å². The van der Waals surface area contributed by atoms with E-state index in [1.165, 1.54) is 49.5 Å². The first kappa shape index (κ1) is 22.2. The number of carbonyl (C=O) groups is 4. The molecule has 1 aliphatic heterocycles. The summed E-state index contributed by atoms with van der Waals surface area (Å²) in [5.41, 5.74) is 0.221. The van der Waals surface area contributed by atoms with Crippen LogP contribution in [0.3, 0.4) is 0 Å². The van der Waals surface area contributed by atoms with E-state index >= 15 is 0 Å². The number of esters is 3. The summed E-state index contributed by atoms with van der Waals surface area (Å²) in [5.74, 6) is -2.75. The summed E-state index contributed by atoms with van der Waals surface area (Å²) < 4.78 is 14.3. The van der Waals surface area contributed by atoms with Crippen LogP contribution in [0.5, 0.6) is 5.75 Å². The summed E-state index contributed by atoms with van der Waals surface area (Å²) >= 11 is 0. The number of nitro benzene ring substituents is 1. The van der Waals surface area contributed by atoms with Gasteiger partial charge >= 0.3 is 17.9 Å². The number of anilines is 2. The second-order valence-electron chi connectivity index (χ2n) is 6.57. The average molecular weight is 443 g/mol. The second kappa shape index (κ2) is 9.12. The zero-order valence-electron chi connectivity index (χ0n) is 16.9. The number of amides is 1. The number of carbonyl (C=O) groups excluding carboxylic acids is 4. The molecule has 12 heteroatoms. The molecule has 32 heavy (non-hydrogen) atoms. The Morgan fingerprint density at radius 2 is 1.72 bits per heavy atom. The highest BCUT2D eigenvalue weighted by Crippen LogP contribution is 2.35. The largest absolute Gasteiger partial charge is 0.465 e. The normalized spacial score (nSPS) is 12.3. The molecule has 0 spiro atoms. The van der Waals surface area contributed by atoms with Gasteiger partial charge in [0.2, 0.25) is 5.91 Å². The highest BCUT2D eigenvalue weighted by Gasteiger charge is 2.27. The van der Waals surface area contributed by atoms with E-state index in [4.69, 9.17) is 4.74 Å².